The summed E-state index contributed by atoms with van der Waals surface area (Å²) in [5.41, 5.74) is 5.75. The monoisotopic (exact) mass is 341 g/mol. The molecule has 0 fully saturated rings. The maximum absolute atomic E-state index is 11.3. The van der Waals surface area contributed by atoms with Crippen molar-refractivity contribution in [3.05, 3.63) is 71.4 Å². The fourth-order valence-corrected chi connectivity index (χ4v) is 2.74. The third-order valence-corrected chi connectivity index (χ3v) is 3.93. The molecule has 2 aromatic carbocycles. The average molecular weight is 341 g/mol. The molecule has 0 saturated carbocycles. The van der Waals surface area contributed by atoms with Gasteiger partial charge in [-0.05, 0) is 17.7 Å². The maximum Gasteiger partial charge on any atom is 0.254 e. The number of nitriles is 2. The number of hydrogen-bond donors (Lipinski definition) is 1. The van der Waals surface area contributed by atoms with Crippen molar-refractivity contribution in [3.8, 4) is 12.1 Å². The summed E-state index contributed by atoms with van der Waals surface area (Å²) in [6, 6.07) is 19.3. The third kappa shape index (κ3) is 3.61. The van der Waals surface area contributed by atoms with Gasteiger partial charge in [0.05, 0.1) is 23.9 Å². The van der Waals surface area contributed by atoms with E-state index in [1.54, 1.807) is 18.4 Å². The van der Waals surface area contributed by atoms with E-state index in [2.05, 4.69) is 16.6 Å². The molecule has 0 bridgehead atoms. The first-order valence-electron chi connectivity index (χ1n) is 7.97. The van der Waals surface area contributed by atoms with Crippen molar-refractivity contribution in [1.82, 2.24) is 9.99 Å². The largest absolute Gasteiger partial charge is 0.342 e. The first-order valence-corrected chi connectivity index (χ1v) is 7.97. The zero-order valence-corrected chi connectivity index (χ0v) is 13.9. The number of aromatic nitrogens is 1. The molecule has 0 unspecified atom stereocenters. The highest BCUT2D eigenvalue weighted by Gasteiger charge is 2.09. The quantitative estimate of drug-likeness (QED) is 0.571. The fourth-order valence-electron chi connectivity index (χ4n) is 2.74. The first-order chi connectivity index (χ1) is 12.7. The van der Waals surface area contributed by atoms with Crippen molar-refractivity contribution in [2.45, 2.75) is 13.0 Å². The maximum atomic E-state index is 11.3. The minimum Gasteiger partial charge on any atom is -0.342 e. The molecule has 6 heteroatoms. The lowest BCUT2D eigenvalue weighted by atomic mass is 10.1. The number of benzene rings is 2. The van der Waals surface area contributed by atoms with Gasteiger partial charge in [-0.25, -0.2) is 5.43 Å². The summed E-state index contributed by atoms with van der Waals surface area (Å²) in [4.78, 5) is 11.3. The summed E-state index contributed by atoms with van der Waals surface area (Å²) in [5.74, 6) is -0.449. The standard InChI is InChI=1S/C20H15N5O/c21-10-9-20(26)24-23-12-17-14-25(19-8-4-3-7-18(17)19)13-16-6-2-1-5-15(16)11-22/h1-8,12,14H,9,13H2,(H,24,26). The topological polar surface area (TPSA) is 94.0 Å². The Hall–Kier alpha value is -3.90. The van der Waals surface area contributed by atoms with Crippen LogP contribution in [0, 0.1) is 22.7 Å². The molecule has 0 atom stereocenters. The minimum absolute atomic E-state index is 0.232. The van der Waals surface area contributed by atoms with Gasteiger partial charge in [-0.3, -0.25) is 4.79 Å². The van der Waals surface area contributed by atoms with Crippen LogP contribution in [0.1, 0.15) is 23.1 Å². The van der Waals surface area contributed by atoms with E-state index in [4.69, 9.17) is 5.26 Å². The summed E-state index contributed by atoms with van der Waals surface area (Å²) >= 11 is 0. The van der Waals surface area contributed by atoms with Crippen LogP contribution >= 0.6 is 0 Å². The van der Waals surface area contributed by atoms with Crippen molar-refractivity contribution >= 4 is 23.0 Å². The molecule has 0 spiro atoms. The van der Waals surface area contributed by atoms with Crippen LogP contribution in [0.5, 0.6) is 0 Å². The Morgan fingerprint density at radius 3 is 2.73 bits per heavy atom. The number of para-hydroxylation sites is 1. The van der Waals surface area contributed by atoms with Crippen molar-refractivity contribution in [3.63, 3.8) is 0 Å². The average Bonchev–Trinajstić information content (AvgIpc) is 3.00. The Morgan fingerprint density at radius 1 is 1.15 bits per heavy atom. The van der Waals surface area contributed by atoms with Gasteiger partial charge >= 0.3 is 0 Å². The Bertz CT molecular complexity index is 1070. The number of rotatable bonds is 5. The van der Waals surface area contributed by atoms with E-state index in [9.17, 15) is 10.1 Å². The number of amides is 1. The number of carbonyl (C=O) groups is 1. The number of hydrazone groups is 1. The number of nitrogens with one attached hydrogen (secondary N) is 1. The lowest BCUT2D eigenvalue weighted by molar-refractivity contribution is -0.120. The second kappa shape index (κ2) is 7.78. The summed E-state index contributed by atoms with van der Waals surface area (Å²) in [6.45, 7) is 0.554. The molecule has 26 heavy (non-hydrogen) atoms. The van der Waals surface area contributed by atoms with Gasteiger partial charge in [0.15, 0.2) is 0 Å². The van der Waals surface area contributed by atoms with Crippen LogP contribution in [-0.2, 0) is 11.3 Å². The molecular weight excluding hydrogens is 326 g/mol. The summed E-state index contributed by atoms with van der Waals surface area (Å²) in [6.07, 6.45) is 3.26. The van der Waals surface area contributed by atoms with Crippen LogP contribution in [0.15, 0.2) is 59.8 Å². The number of nitrogens with zero attached hydrogens (tertiary/aromatic N) is 4. The zero-order chi connectivity index (χ0) is 18.4. The van der Waals surface area contributed by atoms with Gasteiger partial charge in [-0.2, -0.15) is 15.6 Å². The fraction of sp³-hybridized carbons (Fsp3) is 0.100. The second-order valence-electron chi connectivity index (χ2n) is 5.63. The van der Waals surface area contributed by atoms with E-state index in [-0.39, 0.29) is 6.42 Å². The first kappa shape index (κ1) is 16.9. The van der Waals surface area contributed by atoms with Gasteiger partial charge in [0.25, 0.3) is 5.91 Å². The van der Waals surface area contributed by atoms with Crippen molar-refractivity contribution < 1.29 is 4.79 Å². The van der Waals surface area contributed by atoms with Crippen molar-refractivity contribution in [1.29, 1.82) is 10.5 Å². The molecule has 0 radical (unpaired) electrons. The minimum atomic E-state index is -0.449. The predicted molar refractivity (Wildman–Crippen MR) is 98.2 cm³/mol. The lowest BCUT2D eigenvalue weighted by Gasteiger charge is -2.07. The van der Waals surface area contributed by atoms with Crippen LogP contribution in [0.25, 0.3) is 10.9 Å². The van der Waals surface area contributed by atoms with Gasteiger partial charge in [-0.1, -0.05) is 36.4 Å². The van der Waals surface area contributed by atoms with E-state index in [0.717, 1.165) is 22.0 Å². The molecule has 1 N–H and O–H groups in total. The van der Waals surface area contributed by atoms with E-state index in [1.165, 1.54) is 0 Å². The van der Waals surface area contributed by atoms with Crippen molar-refractivity contribution in [2.24, 2.45) is 5.10 Å². The molecule has 1 aromatic heterocycles. The Morgan fingerprint density at radius 2 is 1.92 bits per heavy atom. The molecule has 0 aliphatic carbocycles. The predicted octanol–water partition coefficient (Wildman–Crippen LogP) is 2.93. The molecule has 3 rings (SSSR count). The van der Waals surface area contributed by atoms with Gasteiger partial charge in [0, 0.05) is 29.2 Å². The van der Waals surface area contributed by atoms with Crippen LogP contribution in [0.3, 0.4) is 0 Å². The molecule has 1 heterocycles. The van der Waals surface area contributed by atoms with Gasteiger partial charge in [0.1, 0.15) is 6.42 Å². The van der Waals surface area contributed by atoms with Crippen molar-refractivity contribution in [2.75, 3.05) is 0 Å². The molecule has 0 saturated heterocycles. The Kier molecular flexibility index (Phi) is 5.07. The number of fused-ring (bicyclic) bond motifs is 1. The summed E-state index contributed by atoms with van der Waals surface area (Å²) in [5, 5.41) is 22.7. The van der Waals surface area contributed by atoms with Gasteiger partial charge in [-0.15, -0.1) is 0 Å². The molecule has 126 valence electrons. The summed E-state index contributed by atoms with van der Waals surface area (Å²) < 4.78 is 2.05. The smallest absolute Gasteiger partial charge is 0.254 e. The van der Waals surface area contributed by atoms with Crippen LogP contribution in [-0.4, -0.2) is 16.7 Å². The highest BCUT2D eigenvalue weighted by Crippen LogP contribution is 2.22. The highest BCUT2D eigenvalue weighted by atomic mass is 16.2. The van der Waals surface area contributed by atoms with E-state index in [0.29, 0.717) is 12.1 Å². The highest BCUT2D eigenvalue weighted by molar-refractivity contribution is 5.99. The van der Waals surface area contributed by atoms with E-state index in [1.807, 2.05) is 53.2 Å². The molecular formula is C20H15N5O. The number of hydrogen-bond acceptors (Lipinski definition) is 4. The Balaban J connectivity index is 1.93. The molecule has 3 aromatic rings. The normalized spacial score (nSPS) is 10.5. The van der Waals surface area contributed by atoms with Crippen LogP contribution < -0.4 is 5.43 Å². The lowest BCUT2D eigenvalue weighted by Crippen LogP contribution is -2.16. The number of carbonyl (C=O) groups excluding carboxylic acids is 1. The van der Waals surface area contributed by atoms with Crippen LogP contribution in [0.4, 0.5) is 0 Å². The van der Waals surface area contributed by atoms with E-state index < -0.39 is 5.91 Å². The third-order valence-electron chi connectivity index (χ3n) is 3.93. The van der Waals surface area contributed by atoms with E-state index >= 15 is 0 Å². The molecule has 6 nitrogen and oxygen atoms in total. The summed E-state index contributed by atoms with van der Waals surface area (Å²) in [7, 11) is 0. The van der Waals surface area contributed by atoms with Gasteiger partial charge < -0.3 is 4.57 Å². The second-order valence-corrected chi connectivity index (χ2v) is 5.63. The molecule has 1 amide bonds. The molecule has 0 aliphatic heterocycles. The van der Waals surface area contributed by atoms with Crippen LogP contribution in [0.2, 0.25) is 0 Å². The Labute approximate surface area is 150 Å². The zero-order valence-electron chi connectivity index (χ0n) is 13.9. The SMILES string of the molecule is N#CCC(=O)NN=Cc1cn(Cc2ccccc2C#N)c2ccccc12. The molecule has 0 aliphatic rings. The van der Waals surface area contributed by atoms with Gasteiger partial charge in [0.2, 0.25) is 0 Å².